The molecule has 2 aromatic carbocycles. The van der Waals surface area contributed by atoms with Gasteiger partial charge < -0.3 is 9.79 Å². The zero-order chi connectivity index (χ0) is 17.0. The summed E-state index contributed by atoms with van der Waals surface area (Å²) in [6.07, 6.45) is 0. The molecule has 0 unspecified atom stereocenters. The van der Waals surface area contributed by atoms with Crippen LogP contribution in [-0.2, 0) is 4.57 Å². The molecule has 0 saturated carbocycles. The van der Waals surface area contributed by atoms with Crippen LogP contribution in [0.5, 0.6) is 0 Å². The fourth-order valence-electron chi connectivity index (χ4n) is 2.30. The molecule has 0 aliphatic heterocycles. The highest BCUT2D eigenvalue weighted by Gasteiger charge is 2.31. The number of benzene rings is 2. The van der Waals surface area contributed by atoms with E-state index in [1.54, 1.807) is 0 Å². The minimum absolute atomic E-state index is 0.00412. The number of hydrogen-bond donors (Lipinski definition) is 3. The van der Waals surface area contributed by atoms with Gasteiger partial charge in [-0.25, -0.2) is 8.78 Å². The standard InChI is InChI=1S/C16H18F2NO3P/c1-11(12-5-3-2-4-6-12)10-19-16(23(20,21)22)13-7-8-14(17)15(18)9-13/h2-9,11,16,19H,10H2,1H3,(H2,20,21,22)/t11-,16-/m1/s1. The first-order valence-corrected chi connectivity index (χ1v) is 8.75. The molecule has 0 spiro atoms. The van der Waals surface area contributed by atoms with E-state index in [1.165, 1.54) is 6.07 Å². The molecular formula is C16H18F2NO3P. The zero-order valence-corrected chi connectivity index (χ0v) is 13.4. The molecule has 0 radical (unpaired) electrons. The Morgan fingerprint density at radius 1 is 1.04 bits per heavy atom. The van der Waals surface area contributed by atoms with Crippen LogP contribution >= 0.6 is 7.60 Å². The predicted octanol–water partition coefficient (Wildman–Crippen LogP) is 3.53. The molecule has 0 amide bonds. The maximum Gasteiger partial charge on any atom is 0.346 e. The van der Waals surface area contributed by atoms with Crippen molar-refractivity contribution in [3.8, 4) is 0 Å². The second-order valence-corrected chi connectivity index (χ2v) is 7.08. The van der Waals surface area contributed by atoms with E-state index in [0.717, 1.165) is 17.7 Å². The van der Waals surface area contributed by atoms with Gasteiger partial charge in [0.2, 0.25) is 0 Å². The Bertz CT molecular complexity index is 706. The van der Waals surface area contributed by atoms with Crippen LogP contribution in [0.4, 0.5) is 8.78 Å². The first-order valence-electron chi connectivity index (χ1n) is 7.07. The molecule has 23 heavy (non-hydrogen) atoms. The van der Waals surface area contributed by atoms with Gasteiger partial charge in [-0.1, -0.05) is 43.3 Å². The van der Waals surface area contributed by atoms with Gasteiger partial charge in [0.15, 0.2) is 11.6 Å². The summed E-state index contributed by atoms with van der Waals surface area (Å²) in [6.45, 7) is 2.18. The highest BCUT2D eigenvalue weighted by atomic mass is 31.2. The molecule has 0 bridgehead atoms. The fourth-order valence-corrected chi connectivity index (χ4v) is 3.19. The second kappa shape index (κ2) is 7.32. The third kappa shape index (κ3) is 4.69. The SMILES string of the molecule is C[C@H](CN[C@@H](c1ccc(F)c(F)c1)P(=O)(O)O)c1ccccc1. The smallest absolute Gasteiger partial charge is 0.323 e. The number of nitrogens with one attached hydrogen (secondary N) is 1. The van der Waals surface area contributed by atoms with E-state index in [9.17, 15) is 23.1 Å². The number of rotatable bonds is 6. The molecule has 3 N–H and O–H groups in total. The van der Waals surface area contributed by atoms with Crippen molar-refractivity contribution in [1.29, 1.82) is 0 Å². The molecule has 2 aromatic rings. The van der Waals surface area contributed by atoms with Crippen molar-refractivity contribution in [2.24, 2.45) is 0 Å². The van der Waals surface area contributed by atoms with E-state index in [0.29, 0.717) is 0 Å². The van der Waals surface area contributed by atoms with Gasteiger partial charge in [-0.05, 0) is 29.2 Å². The van der Waals surface area contributed by atoms with Gasteiger partial charge in [-0.2, -0.15) is 0 Å². The van der Waals surface area contributed by atoms with Crippen LogP contribution in [0.2, 0.25) is 0 Å². The Hall–Kier alpha value is -1.59. The first kappa shape index (κ1) is 17.8. The summed E-state index contributed by atoms with van der Waals surface area (Å²) in [5, 5.41) is 2.77. The van der Waals surface area contributed by atoms with E-state index in [1.807, 2.05) is 37.3 Å². The van der Waals surface area contributed by atoms with Gasteiger partial charge >= 0.3 is 7.60 Å². The van der Waals surface area contributed by atoms with Crippen LogP contribution in [-0.4, -0.2) is 16.3 Å². The molecule has 0 aliphatic rings. The summed E-state index contributed by atoms with van der Waals surface area (Å²) < 4.78 is 38.0. The second-order valence-electron chi connectivity index (χ2n) is 5.39. The minimum Gasteiger partial charge on any atom is -0.323 e. The van der Waals surface area contributed by atoms with Crippen LogP contribution < -0.4 is 5.32 Å². The molecule has 0 saturated heterocycles. The van der Waals surface area contributed by atoms with Gasteiger partial charge in [-0.15, -0.1) is 0 Å². The molecular weight excluding hydrogens is 323 g/mol. The monoisotopic (exact) mass is 341 g/mol. The summed E-state index contributed by atoms with van der Waals surface area (Å²) in [7, 11) is -4.58. The summed E-state index contributed by atoms with van der Waals surface area (Å²) in [4.78, 5) is 19.0. The Labute approximate surface area is 133 Å². The maximum atomic E-state index is 13.3. The van der Waals surface area contributed by atoms with Gasteiger partial charge in [-0.3, -0.25) is 9.88 Å². The molecule has 2 atom stereocenters. The van der Waals surface area contributed by atoms with Crippen LogP contribution in [0, 0.1) is 11.6 Å². The lowest BCUT2D eigenvalue weighted by atomic mass is 10.0. The van der Waals surface area contributed by atoms with E-state index in [2.05, 4.69) is 5.32 Å². The summed E-state index contributed by atoms with van der Waals surface area (Å²) in [6, 6.07) is 12.3. The lowest BCUT2D eigenvalue weighted by molar-refractivity contribution is 0.346. The van der Waals surface area contributed by atoms with Gasteiger partial charge in [0, 0.05) is 6.54 Å². The molecule has 0 heterocycles. The van der Waals surface area contributed by atoms with E-state index in [4.69, 9.17) is 0 Å². The van der Waals surface area contributed by atoms with Gasteiger partial charge in [0.1, 0.15) is 5.78 Å². The van der Waals surface area contributed by atoms with Crippen LogP contribution in [0.1, 0.15) is 29.8 Å². The van der Waals surface area contributed by atoms with Crippen molar-refractivity contribution in [2.45, 2.75) is 18.6 Å². The topological polar surface area (TPSA) is 69.6 Å². The molecule has 124 valence electrons. The summed E-state index contributed by atoms with van der Waals surface area (Å²) in [5.74, 6) is -3.59. The quantitative estimate of drug-likeness (QED) is 0.703. The Kier molecular flexibility index (Phi) is 5.65. The average Bonchev–Trinajstić information content (AvgIpc) is 2.50. The number of halogens is 2. The van der Waals surface area contributed by atoms with E-state index < -0.39 is 25.0 Å². The van der Waals surface area contributed by atoms with Crippen molar-refractivity contribution in [3.05, 3.63) is 71.3 Å². The first-order chi connectivity index (χ1) is 10.8. The Balaban J connectivity index is 2.17. The van der Waals surface area contributed by atoms with Crippen LogP contribution in [0.3, 0.4) is 0 Å². The fraction of sp³-hybridized carbons (Fsp3) is 0.250. The highest BCUT2D eigenvalue weighted by Crippen LogP contribution is 2.50. The molecule has 4 nitrogen and oxygen atoms in total. The minimum atomic E-state index is -4.58. The van der Waals surface area contributed by atoms with E-state index >= 15 is 0 Å². The lowest BCUT2D eigenvalue weighted by Crippen LogP contribution is -2.26. The molecule has 0 aromatic heterocycles. The molecule has 2 rings (SSSR count). The Morgan fingerprint density at radius 3 is 2.26 bits per heavy atom. The predicted molar refractivity (Wildman–Crippen MR) is 84.0 cm³/mol. The lowest BCUT2D eigenvalue weighted by Gasteiger charge is -2.23. The van der Waals surface area contributed by atoms with E-state index in [-0.39, 0.29) is 18.0 Å². The largest absolute Gasteiger partial charge is 0.346 e. The van der Waals surface area contributed by atoms with Crippen molar-refractivity contribution >= 4 is 7.60 Å². The summed E-state index contributed by atoms with van der Waals surface area (Å²) in [5.41, 5.74) is 1.02. The van der Waals surface area contributed by atoms with Crippen LogP contribution in [0.25, 0.3) is 0 Å². The number of hydrogen-bond acceptors (Lipinski definition) is 2. The maximum absolute atomic E-state index is 13.3. The van der Waals surface area contributed by atoms with Crippen molar-refractivity contribution < 1.29 is 23.1 Å². The van der Waals surface area contributed by atoms with Crippen molar-refractivity contribution in [2.75, 3.05) is 6.54 Å². The zero-order valence-electron chi connectivity index (χ0n) is 12.5. The molecule has 0 aliphatic carbocycles. The van der Waals surface area contributed by atoms with Gasteiger partial charge in [0.05, 0.1) is 0 Å². The molecule has 7 heteroatoms. The third-order valence-electron chi connectivity index (χ3n) is 3.58. The van der Waals surface area contributed by atoms with Crippen molar-refractivity contribution in [1.82, 2.24) is 5.32 Å². The highest BCUT2D eigenvalue weighted by molar-refractivity contribution is 7.52. The molecule has 0 fully saturated rings. The Morgan fingerprint density at radius 2 is 1.70 bits per heavy atom. The third-order valence-corrected chi connectivity index (χ3v) is 4.74. The average molecular weight is 341 g/mol. The summed E-state index contributed by atoms with van der Waals surface area (Å²) >= 11 is 0. The van der Waals surface area contributed by atoms with Crippen LogP contribution in [0.15, 0.2) is 48.5 Å². The normalized spacial score (nSPS) is 14.5. The van der Waals surface area contributed by atoms with Crippen molar-refractivity contribution in [3.63, 3.8) is 0 Å². The van der Waals surface area contributed by atoms with Gasteiger partial charge in [0.25, 0.3) is 0 Å².